The number of aliphatic carboxylic acids is 1. The third-order valence-corrected chi connectivity index (χ3v) is 3.11. The number of amides is 2. The highest BCUT2D eigenvalue weighted by atomic mass is 16.4. The zero-order valence-corrected chi connectivity index (χ0v) is 10.6. The number of urea groups is 1. The number of carboxylic acids is 1. The monoisotopic (exact) mass is 259 g/mol. The van der Waals surface area contributed by atoms with Crippen LogP contribution in [0.4, 0.5) is 4.79 Å². The number of nitrogens with zero attached hydrogens (tertiary/aromatic N) is 1. The van der Waals surface area contributed by atoms with Gasteiger partial charge >= 0.3 is 12.0 Å². The Morgan fingerprint density at radius 3 is 2.44 bits per heavy atom. The molecule has 4 N–H and O–H groups in total. The Bertz CT molecular complexity index is 292. The number of aliphatic hydroxyl groups is 1. The summed E-state index contributed by atoms with van der Waals surface area (Å²) in [5.41, 5.74) is 0. The lowest BCUT2D eigenvalue weighted by Crippen LogP contribution is -2.50. The Morgan fingerprint density at radius 2 is 1.94 bits per heavy atom. The van der Waals surface area contributed by atoms with Gasteiger partial charge in [0.05, 0.1) is 6.61 Å². The van der Waals surface area contributed by atoms with Crippen molar-refractivity contribution in [2.24, 2.45) is 0 Å². The summed E-state index contributed by atoms with van der Waals surface area (Å²) in [6, 6.07) is -1.59. The molecule has 7 nitrogen and oxygen atoms in total. The third-order valence-electron chi connectivity index (χ3n) is 3.11. The predicted molar refractivity (Wildman–Crippen MR) is 65.3 cm³/mol. The molecule has 18 heavy (non-hydrogen) atoms. The molecule has 1 saturated heterocycles. The Labute approximate surface area is 106 Å². The van der Waals surface area contributed by atoms with E-state index >= 15 is 0 Å². The third kappa shape index (κ3) is 4.50. The maximum absolute atomic E-state index is 11.4. The molecule has 0 spiro atoms. The SMILES string of the molecule is CC(CNC(=O)N[C@H](CO)C(=O)O)N1CCCC1. The van der Waals surface area contributed by atoms with Gasteiger partial charge in [-0.2, -0.15) is 0 Å². The van der Waals surface area contributed by atoms with E-state index in [1.54, 1.807) is 0 Å². The van der Waals surface area contributed by atoms with Crippen LogP contribution in [-0.2, 0) is 4.79 Å². The summed E-state index contributed by atoms with van der Waals surface area (Å²) in [5, 5.41) is 22.2. The molecular formula is C11H21N3O4. The fraction of sp³-hybridized carbons (Fsp3) is 0.818. The quantitative estimate of drug-likeness (QED) is 0.501. The average Bonchev–Trinajstić information content (AvgIpc) is 2.86. The van der Waals surface area contributed by atoms with Gasteiger partial charge in [-0.1, -0.05) is 0 Å². The minimum absolute atomic E-state index is 0.232. The highest BCUT2D eigenvalue weighted by molar-refractivity contribution is 5.82. The van der Waals surface area contributed by atoms with Crippen molar-refractivity contribution in [1.29, 1.82) is 0 Å². The molecule has 1 aliphatic heterocycles. The van der Waals surface area contributed by atoms with Crippen LogP contribution in [0.2, 0.25) is 0 Å². The minimum atomic E-state index is -1.26. The highest BCUT2D eigenvalue weighted by Crippen LogP contribution is 2.10. The molecule has 0 radical (unpaired) electrons. The second kappa shape index (κ2) is 7.17. The van der Waals surface area contributed by atoms with Crippen molar-refractivity contribution in [3.8, 4) is 0 Å². The first kappa shape index (κ1) is 14.7. The van der Waals surface area contributed by atoms with E-state index in [0.29, 0.717) is 6.54 Å². The lowest BCUT2D eigenvalue weighted by Gasteiger charge is -2.24. The highest BCUT2D eigenvalue weighted by Gasteiger charge is 2.21. The maximum Gasteiger partial charge on any atom is 0.328 e. The smallest absolute Gasteiger partial charge is 0.328 e. The van der Waals surface area contributed by atoms with Crippen LogP contribution in [0.25, 0.3) is 0 Å². The lowest BCUT2D eigenvalue weighted by atomic mass is 10.3. The number of hydrogen-bond donors (Lipinski definition) is 4. The summed E-state index contributed by atoms with van der Waals surface area (Å²) in [6.45, 7) is 3.94. The first-order valence-electron chi connectivity index (χ1n) is 6.16. The van der Waals surface area contributed by atoms with E-state index in [1.807, 2.05) is 6.92 Å². The van der Waals surface area contributed by atoms with Crippen molar-refractivity contribution in [1.82, 2.24) is 15.5 Å². The fourth-order valence-corrected chi connectivity index (χ4v) is 1.95. The number of rotatable bonds is 6. The molecule has 0 saturated carbocycles. The number of carbonyl (C=O) groups excluding carboxylic acids is 1. The molecule has 104 valence electrons. The zero-order valence-electron chi connectivity index (χ0n) is 10.6. The molecule has 2 atom stereocenters. The number of likely N-dealkylation sites (tertiary alicyclic amines) is 1. The van der Waals surface area contributed by atoms with E-state index in [2.05, 4.69) is 15.5 Å². The number of carbonyl (C=O) groups is 2. The van der Waals surface area contributed by atoms with E-state index in [0.717, 1.165) is 13.1 Å². The first-order valence-corrected chi connectivity index (χ1v) is 6.16. The molecule has 1 heterocycles. The normalized spacial score (nSPS) is 19.2. The standard InChI is InChI=1S/C11H21N3O4/c1-8(14-4-2-3-5-14)6-12-11(18)13-9(7-15)10(16)17/h8-9,15H,2-7H2,1H3,(H,16,17)(H2,12,13,18)/t8?,9-/m1/s1. The zero-order chi connectivity index (χ0) is 13.5. The summed E-state index contributed by atoms with van der Waals surface area (Å²) >= 11 is 0. The summed E-state index contributed by atoms with van der Waals surface area (Å²) in [7, 11) is 0. The lowest BCUT2D eigenvalue weighted by molar-refractivity contribution is -0.140. The summed E-state index contributed by atoms with van der Waals surface area (Å²) in [5.74, 6) is -1.25. The second-order valence-corrected chi connectivity index (χ2v) is 4.52. The van der Waals surface area contributed by atoms with Gasteiger partial charge in [-0.15, -0.1) is 0 Å². The molecule has 1 fully saturated rings. The van der Waals surface area contributed by atoms with E-state index in [4.69, 9.17) is 10.2 Å². The fourth-order valence-electron chi connectivity index (χ4n) is 1.95. The van der Waals surface area contributed by atoms with E-state index in [-0.39, 0.29) is 6.04 Å². The number of nitrogens with one attached hydrogen (secondary N) is 2. The topological polar surface area (TPSA) is 102 Å². The first-order chi connectivity index (χ1) is 8.54. The molecule has 0 bridgehead atoms. The summed E-state index contributed by atoms with van der Waals surface area (Å²) in [6.07, 6.45) is 2.37. The molecule has 0 aromatic carbocycles. The average molecular weight is 259 g/mol. The predicted octanol–water partition coefficient (Wildman–Crippen LogP) is -0.785. The van der Waals surface area contributed by atoms with Gasteiger partial charge in [0.15, 0.2) is 6.04 Å². The number of aliphatic hydroxyl groups excluding tert-OH is 1. The van der Waals surface area contributed by atoms with Crippen LogP contribution < -0.4 is 10.6 Å². The van der Waals surface area contributed by atoms with Crippen molar-refractivity contribution in [3.05, 3.63) is 0 Å². The van der Waals surface area contributed by atoms with E-state index < -0.39 is 24.6 Å². The van der Waals surface area contributed by atoms with Gasteiger partial charge in [0.25, 0.3) is 0 Å². The Hall–Kier alpha value is -1.34. The largest absolute Gasteiger partial charge is 0.480 e. The van der Waals surface area contributed by atoms with Gasteiger partial charge in [-0.3, -0.25) is 4.90 Å². The maximum atomic E-state index is 11.4. The van der Waals surface area contributed by atoms with Gasteiger partial charge in [-0.25, -0.2) is 9.59 Å². The molecule has 2 amide bonds. The van der Waals surface area contributed by atoms with E-state index in [1.165, 1.54) is 12.8 Å². The van der Waals surface area contributed by atoms with Crippen molar-refractivity contribution in [2.45, 2.75) is 31.8 Å². The van der Waals surface area contributed by atoms with Gasteiger partial charge in [0, 0.05) is 12.6 Å². The molecule has 1 unspecified atom stereocenters. The van der Waals surface area contributed by atoms with Crippen molar-refractivity contribution < 1.29 is 19.8 Å². The second-order valence-electron chi connectivity index (χ2n) is 4.52. The van der Waals surface area contributed by atoms with Crippen LogP contribution in [0.15, 0.2) is 0 Å². The van der Waals surface area contributed by atoms with Crippen LogP contribution in [0, 0.1) is 0 Å². The molecular weight excluding hydrogens is 238 g/mol. The van der Waals surface area contributed by atoms with Crippen LogP contribution in [0.1, 0.15) is 19.8 Å². The molecule has 0 aliphatic carbocycles. The van der Waals surface area contributed by atoms with Crippen molar-refractivity contribution >= 4 is 12.0 Å². The molecule has 1 rings (SSSR count). The van der Waals surface area contributed by atoms with Crippen molar-refractivity contribution in [2.75, 3.05) is 26.2 Å². The van der Waals surface area contributed by atoms with Crippen LogP contribution >= 0.6 is 0 Å². The van der Waals surface area contributed by atoms with E-state index in [9.17, 15) is 9.59 Å². The van der Waals surface area contributed by atoms with Gasteiger partial charge in [-0.05, 0) is 32.9 Å². The van der Waals surface area contributed by atoms with Crippen LogP contribution in [0.5, 0.6) is 0 Å². The molecule has 0 aromatic heterocycles. The molecule has 1 aliphatic rings. The number of carboxylic acid groups (broad SMARTS) is 1. The van der Waals surface area contributed by atoms with Gasteiger partial charge in [0.2, 0.25) is 0 Å². The minimum Gasteiger partial charge on any atom is -0.480 e. The Morgan fingerprint density at radius 1 is 1.33 bits per heavy atom. The van der Waals surface area contributed by atoms with Crippen molar-refractivity contribution in [3.63, 3.8) is 0 Å². The Kier molecular flexibility index (Phi) is 5.87. The molecule has 7 heteroatoms. The number of hydrogen-bond acceptors (Lipinski definition) is 4. The molecule has 0 aromatic rings. The van der Waals surface area contributed by atoms with Crippen LogP contribution in [-0.4, -0.2) is 65.4 Å². The summed E-state index contributed by atoms with van der Waals surface area (Å²) < 4.78 is 0. The van der Waals surface area contributed by atoms with Crippen LogP contribution in [0.3, 0.4) is 0 Å². The van der Waals surface area contributed by atoms with Gasteiger partial charge < -0.3 is 20.8 Å². The van der Waals surface area contributed by atoms with Gasteiger partial charge in [0.1, 0.15) is 0 Å². The Balaban J connectivity index is 2.25. The summed E-state index contributed by atoms with van der Waals surface area (Å²) in [4.78, 5) is 24.3.